The molecule has 0 saturated carbocycles. The molecule has 122 valence electrons. The van der Waals surface area contributed by atoms with E-state index >= 15 is 0 Å². The minimum absolute atomic E-state index is 0.0112. The number of amides is 1. The number of nitrogens with zero attached hydrogens (tertiary/aromatic N) is 2. The third kappa shape index (κ3) is 4.37. The van der Waals surface area contributed by atoms with E-state index in [-0.39, 0.29) is 5.91 Å². The zero-order valence-electron chi connectivity index (χ0n) is 13.2. The lowest BCUT2D eigenvalue weighted by molar-refractivity contribution is -0.120. The van der Waals surface area contributed by atoms with Gasteiger partial charge < -0.3 is 10.1 Å². The molecule has 3 rings (SSSR count). The number of carbonyl (C=O) groups excluding carboxylic acids is 1. The number of hydrogen-bond donors (Lipinski definition) is 1. The lowest BCUT2D eigenvalue weighted by Crippen LogP contribution is -2.35. The van der Waals surface area contributed by atoms with Crippen molar-refractivity contribution >= 4 is 17.2 Å². The van der Waals surface area contributed by atoms with Crippen molar-refractivity contribution in [2.45, 2.75) is 13.0 Å². The van der Waals surface area contributed by atoms with Crippen LogP contribution in [0.4, 0.5) is 0 Å². The fourth-order valence-electron chi connectivity index (χ4n) is 2.59. The van der Waals surface area contributed by atoms with Gasteiger partial charge in [0.2, 0.25) is 5.91 Å². The first-order valence-electron chi connectivity index (χ1n) is 7.79. The van der Waals surface area contributed by atoms with E-state index < -0.39 is 0 Å². The summed E-state index contributed by atoms with van der Waals surface area (Å²) in [5, 5.41) is 5.55. The second kappa shape index (κ2) is 7.68. The first-order chi connectivity index (χ1) is 11.2. The fraction of sp³-hybridized carbons (Fsp3) is 0.412. The quantitative estimate of drug-likeness (QED) is 0.910. The third-order valence-corrected chi connectivity index (χ3v) is 4.80. The molecule has 1 aromatic carbocycles. The predicted octanol–water partition coefficient (Wildman–Crippen LogP) is 1.93. The lowest BCUT2D eigenvalue weighted by Gasteiger charge is -2.26. The van der Waals surface area contributed by atoms with Crippen molar-refractivity contribution in [1.29, 1.82) is 0 Å². The summed E-state index contributed by atoms with van der Waals surface area (Å²) in [6.07, 6.45) is 0.334. The second-order valence-corrected chi connectivity index (χ2v) is 6.44. The highest BCUT2D eigenvalue weighted by molar-refractivity contribution is 7.13. The number of benzene rings is 1. The molecule has 23 heavy (non-hydrogen) atoms. The van der Waals surface area contributed by atoms with Gasteiger partial charge in [0, 0.05) is 37.6 Å². The van der Waals surface area contributed by atoms with E-state index in [4.69, 9.17) is 4.74 Å². The van der Waals surface area contributed by atoms with E-state index in [1.165, 1.54) is 5.56 Å². The molecule has 1 aliphatic rings. The van der Waals surface area contributed by atoms with Gasteiger partial charge in [-0.1, -0.05) is 18.2 Å². The van der Waals surface area contributed by atoms with Gasteiger partial charge in [-0.15, -0.1) is 11.3 Å². The third-order valence-electron chi connectivity index (χ3n) is 3.86. The summed E-state index contributed by atoms with van der Waals surface area (Å²) in [7, 11) is 1.64. The highest BCUT2D eigenvalue weighted by Crippen LogP contribution is 2.25. The predicted molar refractivity (Wildman–Crippen MR) is 91.4 cm³/mol. The summed E-state index contributed by atoms with van der Waals surface area (Å²) < 4.78 is 5.39. The van der Waals surface area contributed by atoms with Crippen LogP contribution in [-0.4, -0.2) is 49.1 Å². The summed E-state index contributed by atoms with van der Waals surface area (Å²) in [6, 6.07) is 8.49. The number of likely N-dealkylation sites (N-methyl/N-ethyl adjacent to an activating group) is 1. The molecule has 6 heteroatoms. The average Bonchev–Trinajstić information content (AvgIpc) is 3.04. The van der Waals surface area contributed by atoms with Gasteiger partial charge in [0.05, 0.1) is 25.3 Å². The molecular weight excluding hydrogens is 310 g/mol. The first kappa shape index (κ1) is 16.1. The minimum Gasteiger partial charge on any atom is -0.379 e. The molecule has 0 unspecified atom stereocenters. The maximum Gasteiger partial charge on any atom is 0.225 e. The Balaban J connectivity index is 1.70. The normalized spacial score (nSPS) is 15.5. The zero-order valence-corrected chi connectivity index (χ0v) is 14.1. The van der Waals surface area contributed by atoms with Gasteiger partial charge >= 0.3 is 0 Å². The molecule has 1 N–H and O–H groups in total. The molecule has 0 radical (unpaired) electrons. The van der Waals surface area contributed by atoms with E-state index in [0.29, 0.717) is 6.42 Å². The molecule has 0 aliphatic carbocycles. The van der Waals surface area contributed by atoms with Crippen LogP contribution in [0.3, 0.4) is 0 Å². The van der Waals surface area contributed by atoms with Crippen LogP contribution >= 0.6 is 11.3 Å². The van der Waals surface area contributed by atoms with Crippen LogP contribution in [0.1, 0.15) is 11.3 Å². The van der Waals surface area contributed by atoms with Crippen LogP contribution in [0.2, 0.25) is 0 Å². The van der Waals surface area contributed by atoms with Gasteiger partial charge in [-0.2, -0.15) is 0 Å². The van der Waals surface area contributed by atoms with Crippen molar-refractivity contribution < 1.29 is 9.53 Å². The molecule has 0 bridgehead atoms. The van der Waals surface area contributed by atoms with Crippen LogP contribution in [0.15, 0.2) is 29.6 Å². The molecule has 1 aliphatic heterocycles. The molecule has 0 atom stereocenters. The molecular formula is C17H21N3O2S. The Kier molecular flexibility index (Phi) is 5.38. The van der Waals surface area contributed by atoms with E-state index in [9.17, 15) is 4.79 Å². The summed E-state index contributed by atoms with van der Waals surface area (Å²) >= 11 is 1.59. The SMILES string of the molecule is CNC(=O)Cc1csc(-c2cccc(CN3CCOCC3)c2)n1. The molecule has 1 saturated heterocycles. The smallest absolute Gasteiger partial charge is 0.225 e. The molecule has 0 spiro atoms. The monoisotopic (exact) mass is 331 g/mol. The Morgan fingerprint density at radius 1 is 1.39 bits per heavy atom. The number of morpholine rings is 1. The van der Waals surface area contributed by atoms with Gasteiger partial charge in [0.25, 0.3) is 0 Å². The number of carbonyl (C=O) groups is 1. The largest absolute Gasteiger partial charge is 0.379 e. The van der Waals surface area contributed by atoms with E-state index in [1.54, 1.807) is 18.4 Å². The van der Waals surface area contributed by atoms with Gasteiger partial charge in [-0.05, 0) is 11.6 Å². The number of thiazole rings is 1. The summed E-state index contributed by atoms with van der Waals surface area (Å²) in [5.74, 6) is -0.0112. The van der Waals surface area contributed by atoms with Crippen molar-refractivity contribution in [2.75, 3.05) is 33.4 Å². The van der Waals surface area contributed by atoms with Crippen LogP contribution in [-0.2, 0) is 22.5 Å². The maximum atomic E-state index is 11.4. The Bertz CT molecular complexity index is 665. The minimum atomic E-state index is -0.0112. The molecule has 5 nitrogen and oxygen atoms in total. The summed E-state index contributed by atoms with van der Waals surface area (Å²) in [6.45, 7) is 4.53. The van der Waals surface area contributed by atoms with E-state index in [0.717, 1.165) is 49.1 Å². The highest BCUT2D eigenvalue weighted by atomic mass is 32.1. The first-order valence-corrected chi connectivity index (χ1v) is 8.67. The van der Waals surface area contributed by atoms with Crippen molar-refractivity contribution in [3.63, 3.8) is 0 Å². The number of ether oxygens (including phenoxy) is 1. The number of aromatic nitrogens is 1. The fourth-order valence-corrected chi connectivity index (χ4v) is 3.41. The maximum absolute atomic E-state index is 11.4. The molecule has 2 aromatic rings. The summed E-state index contributed by atoms with van der Waals surface area (Å²) in [4.78, 5) is 18.4. The van der Waals surface area contributed by atoms with E-state index in [2.05, 4.69) is 39.5 Å². The lowest BCUT2D eigenvalue weighted by atomic mass is 10.1. The number of nitrogens with one attached hydrogen (secondary N) is 1. The van der Waals surface area contributed by atoms with Crippen LogP contribution < -0.4 is 5.32 Å². The van der Waals surface area contributed by atoms with Gasteiger partial charge in [-0.25, -0.2) is 4.98 Å². The van der Waals surface area contributed by atoms with Crippen molar-refractivity contribution in [3.05, 3.63) is 40.9 Å². The topological polar surface area (TPSA) is 54.5 Å². The summed E-state index contributed by atoms with van der Waals surface area (Å²) in [5.41, 5.74) is 3.22. The molecule has 1 aromatic heterocycles. The van der Waals surface area contributed by atoms with Crippen LogP contribution in [0.25, 0.3) is 10.6 Å². The van der Waals surface area contributed by atoms with Gasteiger partial charge in [-0.3, -0.25) is 9.69 Å². The Morgan fingerprint density at radius 3 is 3.00 bits per heavy atom. The van der Waals surface area contributed by atoms with E-state index in [1.807, 2.05) is 5.38 Å². The molecule has 1 amide bonds. The number of rotatable bonds is 5. The Hall–Kier alpha value is -1.76. The van der Waals surface area contributed by atoms with Crippen LogP contribution in [0.5, 0.6) is 0 Å². The highest BCUT2D eigenvalue weighted by Gasteiger charge is 2.12. The molecule has 2 heterocycles. The average molecular weight is 331 g/mol. The van der Waals surface area contributed by atoms with Gasteiger partial charge in [0.1, 0.15) is 5.01 Å². The number of hydrogen-bond acceptors (Lipinski definition) is 5. The van der Waals surface area contributed by atoms with Crippen molar-refractivity contribution in [2.24, 2.45) is 0 Å². The van der Waals surface area contributed by atoms with Crippen molar-refractivity contribution in [1.82, 2.24) is 15.2 Å². The zero-order chi connectivity index (χ0) is 16.1. The Morgan fingerprint density at radius 2 is 2.22 bits per heavy atom. The van der Waals surface area contributed by atoms with Crippen LogP contribution in [0, 0.1) is 0 Å². The standard InChI is InChI=1S/C17H21N3O2S/c1-18-16(21)10-15-12-23-17(19-15)14-4-2-3-13(9-14)11-20-5-7-22-8-6-20/h2-4,9,12H,5-8,10-11H2,1H3,(H,18,21). The molecule has 1 fully saturated rings. The Labute approximate surface area is 140 Å². The van der Waals surface area contributed by atoms with Gasteiger partial charge in [0.15, 0.2) is 0 Å². The second-order valence-electron chi connectivity index (χ2n) is 5.58. The van der Waals surface area contributed by atoms with Crippen molar-refractivity contribution in [3.8, 4) is 10.6 Å².